The maximum absolute atomic E-state index is 12.0. The van der Waals surface area contributed by atoms with Gasteiger partial charge >= 0.3 is 5.97 Å². The van der Waals surface area contributed by atoms with Crippen molar-refractivity contribution in [1.29, 1.82) is 0 Å². The molecule has 19 heavy (non-hydrogen) atoms. The molecule has 0 aliphatic rings. The highest BCUT2D eigenvalue weighted by Crippen LogP contribution is 2.23. The summed E-state index contributed by atoms with van der Waals surface area (Å²) in [6, 6.07) is 8.00. The molecule has 0 bridgehead atoms. The van der Waals surface area contributed by atoms with Crippen LogP contribution in [-0.4, -0.2) is 17.0 Å². The van der Waals surface area contributed by atoms with Crippen molar-refractivity contribution in [1.82, 2.24) is 0 Å². The third kappa shape index (κ3) is 3.13. The predicted octanol–water partition coefficient (Wildman–Crippen LogP) is 3.66. The lowest BCUT2D eigenvalue weighted by Gasteiger charge is -2.06. The average molecular weight is 296 g/mol. The molecule has 4 nitrogen and oxygen atoms in total. The van der Waals surface area contributed by atoms with Crippen LogP contribution in [0.4, 0.5) is 5.00 Å². The maximum atomic E-state index is 12.0. The largest absolute Gasteiger partial charge is 0.477 e. The van der Waals surface area contributed by atoms with E-state index in [0.717, 1.165) is 16.9 Å². The molecular weight excluding hydrogens is 286 g/mol. The summed E-state index contributed by atoms with van der Waals surface area (Å²) in [5.41, 5.74) is 1.27. The second-order valence-corrected chi connectivity index (χ2v) is 5.40. The number of hydrogen-bond donors (Lipinski definition) is 2. The Morgan fingerprint density at radius 1 is 1.26 bits per heavy atom. The van der Waals surface area contributed by atoms with Gasteiger partial charge < -0.3 is 10.4 Å². The Hall–Kier alpha value is -1.85. The first kappa shape index (κ1) is 13.6. The van der Waals surface area contributed by atoms with Crippen molar-refractivity contribution in [2.45, 2.75) is 6.92 Å². The molecule has 0 aliphatic heterocycles. The lowest BCUT2D eigenvalue weighted by molar-refractivity contribution is 0.0702. The van der Waals surface area contributed by atoms with Gasteiger partial charge in [0.1, 0.15) is 4.88 Å². The van der Waals surface area contributed by atoms with Crippen LogP contribution >= 0.6 is 22.9 Å². The van der Waals surface area contributed by atoms with Crippen LogP contribution in [-0.2, 0) is 0 Å². The summed E-state index contributed by atoms with van der Waals surface area (Å²) in [5.74, 6) is -1.29. The number of benzene rings is 1. The fraction of sp³-hybridized carbons (Fsp3) is 0.0769. The molecule has 2 rings (SSSR count). The molecule has 2 aromatic rings. The average Bonchev–Trinajstić information content (AvgIpc) is 2.77. The number of halogens is 1. The van der Waals surface area contributed by atoms with Crippen molar-refractivity contribution < 1.29 is 14.7 Å². The normalized spacial score (nSPS) is 10.2. The highest BCUT2D eigenvalue weighted by molar-refractivity contribution is 7.18. The monoisotopic (exact) mass is 295 g/mol. The molecule has 1 aromatic carbocycles. The molecule has 1 aromatic heterocycles. The Morgan fingerprint density at radius 3 is 2.58 bits per heavy atom. The zero-order valence-electron chi connectivity index (χ0n) is 9.94. The van der Waals surface area contributed by atoms with Crippen molar-refractivity contribution in [3.63, 3.8) is 0 Å². The minimum atomic E-state index is -1.01. The van der Waals surface area contributed by atoms with Crippen molar-refractivity contribution >= 4 is 39.8 Å². The fourth-order valence-corrected chi connectivity index (χ4v) is 2.55. The van der Waals surface area contributed by atoms with Crippen molar-refractivity contribution in [3.05, 3.63) is 51.4 Å². The molecule has 6 heteroatoms. The quantitative estimate of drug-likeness (QED) is 0.908. The van der Waals surface area contributed by atoms with Gasteiger partial charge in [-0.15, -0.1) is 11.3 Å². The van der Waals surface area contributed by atoms with Gasteiger partial charge in [0.25, 0.3) is 5.91 Å². The van der Waals surface area contributed by atoms with E-state index in [1.807, 2.05) is 0 Å². The van der Waals surface area contributed by atoms with Crippen molar-refractivity contribution in [3.8, 4) is 0 Å². The molecule has 0 unspecified atom stereocenters. The number of thiophene rings is 1. The molecule has 0 saturated carbocycles. The number of carbonyl (C=O) groups is 2. The van der Waals surface area contributed by atoms with E-state index in [1.165, 1.54) is 6.07 Å². The van der Waals surface area contributed by atoms with Gasteiger partial charge in [-0.25, -0.2) is 4.79 Å². The number of carbonyl (C=O) groups excluding carboxylic acids is 1. The number of aryl methyl sites for hydroxylation is 1. The highest BCUT2D eigenvalue weighted by Gasteiger charge is 2.12. The molecule has 1 amide bonds. The van der Waals surface area contributed by atoms with Gasteiger partial charge in [0, 0.05) is 10.6 Å². The smallest absolute Gasteiger partial charge is 0.345 e. The lowest BCUT2D eigenvalue weighted by atomic mass is 10.1. The zero-order valence-corrected chi connectivity index (χ0v) is 11.5. The number of hydrogen-bond acceptors (Lipinski definition) is 3. The van der Waals surface area contributed by atoms with E-state index in [1.54, 1.807) is 31.2 Å². The van der Waals surface area contributed by atoms with Crippen LogP contribution in [0.2, 0.25) is 5.02 Å². The third-order valence-electron chi connectivity index (χ3n) is 2.49. The Labute approximate surface area is 118 Å². The molecule has 1 heterocycles. The van der Waals surface area contributed by atoms with E-state index in [4.69, 9.17) is 16.7 Å². The van der Waals surface area contributed by atoms with Gasteiger partial charge in [0.15, 0.2) is 0 Å². The van der Waals surface area contributed by atoms with Gasteiger partial charge in [-0.3, -0.25) is 4.79 Å². The number of amides is 1. The van der Waals surface area contributed by atoms with E-state index in [-0.39, 0.29) is 10.8 Å². The molecule has 0 aliphatic carbocycles. The predicted molar refractivity (Wildman–Crippen MR) is 75.4 cm³/mol. The van der Waals surface area contributed by atoms with Crippen LogP contribution in [0.15, 0.2) is 30.3 Å². The third-order valence-corrected chi connectivity index (χ3v) is 3.71. The molecule has 0 saturated heterocycles. The first-order valence-electron chi connectivity index (χ1n) is 5.38. The Kier molecular flexibility index (Phi) is 3.87. The summed E-state index contributed by atoms with van der Waals surface area (Å²) in [4.78, 5) is 23.0. The minimum Gasteiger partial charge on any atom is -0.477 e. The molecule has 0 atom stereocenters. The van der Waals surface area contributed by atoms with Gasteiger partial charge in [-0.2, -0.15) is 0 Å². The van der Waals surface area contributed by atoms with Gasteiger partial charge in [-0.1, -0.05) is 11.6 Å². The fourth-order valence-electron chi connectivity index (χ4n) is 1.58. The number of carboxylic acid groups (broad SMARTS) is 1. The number of rotatable bonds is 3. The van der Waals surface area contributed by atoms with Crippen LogP contribution in [0.3, 0.4) is 0 Å². The standard InChI is InChI=1S/C13H10ClNO3S/c1-7-6-8(14)2-3-9(7)12(16)15-11-5-4-10(19-11)13(17)18/h2-6H,1H3,(H,15,16)(H,17,18). The topological polar surface area (TPSA) is 66.4 Å². The van der Waals surface area contributed by atoms with E-state index in [2.05, 4.69) is 5.32 Å². The zero-order chi connectivity index (χ0) is 14.0. The minimum absolute atomic E-state index is 0.183. The molecule has 0 radical (unpaired) electrons. The number of nitrogens with one attached hydrogen (secondary N) is 1. The van der Waals surface area contributed by atoms with Crippen LogP contribution in [0.1, 0.15) is 25.6 Å². The Balaban J connectivity index is 2.18. The molecule has 0 fully saturated rings. The van der Waals surface area contributed by atoms with E-state index < -0.39 is 5.97 Å². The molecule has 0 spiro atoms. The lowest BCUT2D eigenvalue weighted by Crippen LogP contribution is -2.12. The summed E-state index contributed by atoms with van der Waals surface area (Å²) in [6.45, 7) is 1.79. The Bertz CT molecular complexity index is 651. The summed E-state index contributed by atoms with van der Waals surface area (Å²) >= 11 is 6.84. The SMILES string of the molecule is Cc1cc(Cl)ccc1C(=O)Nc1ccc(C(=O)O)s1. The van der Waals surface area contributed by atoms with E-state index in [0.29, 0.717) is 15.6 Å². The van der Waals surface area contributed by atoms with E-state index in [9.17, 15) is 9.59 Å². The number of anilines is 1. The molecular formula is C13H10ClNO3S. The van der Waals surface area contributed by atoms with Crippen LogP contribution in [0, 0.1) is 6.92 Å². The number of carboxylic acids is 1. The molecule has 2 N–H and O–H groups in total. The summed E-state index contributed by atoms with van der Waals surface area (Å²) in [7, 11) is 0. The maximum Gasteiger partial charge on any atom is 0.345 e. The second-order valence-electron chi connectivity index (χ2n) is 3.88. The Morgan fingerprint density at radius 2 is 2.00 bits per heavy atom. The summed E-state index contributed by atoms with van der Waals surface area (Å²) in [6.07, 6.45) is 0. The van der Waals surface area contributed by atoms with Gasteiger partial charge in [0.2, 0.25) is 0 Å². The van der Waals surface area contributed by atoms with E-state index >= 15 is 0 Å². The van der Waals surface area contributed by atoms with Crippen LogP contribution in [0.25, 0.3) is 0 Å². The van der Waals surface area contributed by atoms with Gasteiger partial charge in [-0.05, 0) is 42.8 Å². The summed E-state index contributed by atoms with van der Waals surface area (Å²) < 4.78 is 0. The first-order chi connectivity index (χ1) is 8.97. The first-order valence-corrected chi connectivity index (χ1v) is 6.57. The van der Waals surface area contributed by atoms with Crippen LogP contribution in [0.5, 0.6) is 0 Å². The second kappa shape index (κ2) is 5.42. The highest BCUT2D eigenvalue weighted by atomic mass is 35.5. The molecule has 98 valence electrons. The van der Waals surface area contributed by atoms with Crippen molar-refractivity contribution in [2.75, 3.05) is 5.32 Å². The number of aromatic carboxylic acids is 1. The summed E-state index contributed by atoms with van der Waals surface area (Å²) in [5, 5.41) is 12.5. The van der Waals surface area contributed by atoms with Gasteiger partial charge in [0.05, 0.1) is 5.00 Å². The van der Waals surface area contributed by atoms with Crippen LogP contribution < -0.4 is 5.32 Å². The van der Waals surface area contributed by atoms with Crippen molar-refractivity contribution in [2.24, 2.45) is 0 Å².